The molecule has 0 unspecified atom stereocenters. The van der Waals surface area contributed by atoms with Crippen LogP contribution in [0.15, 0.2) is 46.9 Å². The monoisotopic (exact) mass is 379 g/mol. The highest BCUT2D eigenvalue weighted by Gasteiger charge is 2.17. The average molecular weight is 381 g/mol. The lowest BCUT2D eigenvalue weighted by molar-refractivity contribution is 0.103. The minimum atomic E-state index is -0.189. The average Bonchev–Trinajstić information content (AvgIpc) is 2.80. The summed E-state index contributed by atoms with van der Waals surface area (Å²) >= 11 is 11.2. The molecule has 106 valence electrons. The molecular formula is C16H11BrClNOS. The van der Waals surface area contributed by atoms with Gasteiger partial charge >= 0.3 is 0 Å². The van der Waals surface area contributed by atoms with Crippen LogP contribution in [0.2, 0.25) is 5.02 Å². The summed E-state index contributed by atoms with van der Waals surface area (Å²) in [6, 6.07) is 13.5. The maximum absolute atomic E-state index is 12.4. The van der Waals surface area contributed by atoms with Crippen LogP contribution in [-0.4, -0.2) is 5.91 Å². The topological polar surface area (TPSA) is 29.1 Å². The van der Waals surface area contributed by atoms with Crippen LogP contribution in [0.1, 0.15) is 15.2 Å². The van der Waals surface area contributed by atoms with Gasteiger partial charge in [0.15, 0.2) is 0 Å². The Morgan fingerprint density at radius 3 is 2.71 bits per heavy atom. The number of thiophene rings is 1. The van der Waals surface area contributed by atoms with Crippen molar-refractivity contribution < 1.29 is 4.79 Å². The molecule has 2 nitrogen and oxygen atoms in total. The van der Waals surface area contributed by atoms with Gasteiger partial charge in [-0.15, -0.1) is 11.3 Å². The molecule has 1 amide bonds. The van der Waals surface area contributed by atoms with Gasteiger partial charge in [0, 0.05) is 14.6 Å². The van der Waals surface area contributed by atoms with Gasteiger partial charge < -0.3 is 5.32 Å². The summed E-state index contributed by atoms with van der Waals surface area (Å²) in [6.45, 7) is 2.00. The van der Waals surface area contributed by atoms with Gasteiger partial charge in [0.05, 0.1) is 10.7 Å². The first-order chi connectivity index (χ1) is 10.1. The molecule has 0 saturated heterocycles. The van der Waals surface area contributed by atoms with Gasteiger partial charge in [-0.25, -0.2) is 0 Å². The van der Waals surface area contributed by atoms with E-state index >= 15 is 0 Å². The minimum Gasteiger partial charge on any atom is -0.320 e. The van der Waals surface area contributed by atoms with E-state index in [-0.39, 0.29) is 5.91 Å². The number of hydrogen-bond donors (Lipinski definition) is 1. The predicted octanol–water partition coefficient (Wildman–Crippen LogP) is 5.88. The fraction of sp³-hybridized carbons (Fsp3) is 0.0625. The van der Waals surface area contributed by atoms with Crippen molar-refractivity contribution in [1.82, 2.24) is 0 Å². The van der Waals surface area contributed by atoms with Crippen LogP contribution < -0.4 is 5.32 Å². The molecule has 0 bridgehead atoms. The number of rotatable bonds is 2. The molecular weight excluding hydrogens is 370 g/mol. The normalized spacial score (nSPS) is 10.8. The zero-order valence-corrected chi connectivity index (χ0v) is 14.3. The summed E-state index contributed by atoms with van der Waals surface area (Å²) in [6.07, 6.45) is 0. The van der Waals surface area contributed by atoms with Crippen molar-refractivity contribution in [2.75, 3.05) is 5.32 Å². The Morgan fingerprint density at radius 2 is 2.00 bits per heavy atom. The highest BCUT2D eigenvalue weighted by atomic mass is 79.9. The third-order valence-corrected chi connectivity index (χ3v) is 5.44. The number of amides is 1. The SMILES string of the molecule is Cc1ccc(NC(=O)c2sc3ccccc3c2Cl)c(Br)c1. The quantitative estimate of drug-likeness (QED) is 0.591. The van der Waals surface area contributed by atoms with Crippen molar-refractivity contribution in [3.63, 3.8) is 0 Å². The van der Waals surface area contributed by atoms with Crippen molar-refractivity contribution in [1.29, 1.82) is 0 Å². The molecule has 0 aliphatic rings. The lowest BCUT2D eigenvalue weighted by atomic mass is 10.2. The molecule has 0 saturated carbocycles. The first-order valence-electron chi connectivity index (χ1n) is 6.31. The number of halogens is 2. The fourth-order valence-electron chi connectivity index (χ4n) is 2.06. The van der Waals surface area contributed by atoms with Gasteiger partial charge in [-0.3, -0.25) is 4.79 Å². The van der Waals surface area contributed by atoms with E-state index in [0.29, 0.717) is 9.90 Å². The van der Waals surface area contributed by atoms with Gasteiger partial charge in [-0.1, -0.05) is 35.9 Å². The Balaban J connectivity index is 1.95. The van der Waals surface area contributed by atoms with Crippen LogP contribution in [0.3, 0.4) is 0 Å². The number of hydrogen-bond acceptors (Lipinski definition) is 2. The van der Waals surface area contributed by atoms with Crippen LogP contribution >= 0.6 is 38.9 Å². The van der Waals surface area contributed by atoms with Crippen molar-refractivity contribution in [3.8, 4) is 0 Å². The summed E-state index contributed by atoms with van der Waals surface area (Å²) in [5.41, 5.74) is 1.86. The second kappa shape index (κ2) is 5.79. The number of fused-ring (bicyclic) bond motifs is 1. The molecule has 21 heavy (non-hydrogen) atoms. The van der Waals surface area contributed by atoms with E-state index in [9.17, 15) is 4.79 Å². The van der Waals surface area contributed by atoms with Crippen LogP contribution in [0, 0.1) is 6.92 Å². The highest BCUT2D eigenvalue weighted by molar-refractivity contribution is 9.10. The summed E-state index contributed by atoms with van der Waals surface area (Å²) in [5.74, 6) is -0.189. The van der Waals surface area contributed by atoms with Crippen LogP contribution in [0.25, 0.3) is 10.1 Å². The molecule has 0 atom stereocenters. The molecule has 2 aromatic carbocycles. The maximum atomic E-state index is 12.4. The van der Waals surface area contributed by atoms with E-state index in [1.807, 2.05) is 49.4 Å². The van der Waals surface area contributed by atoms with E-state index in [1.165, 1.54) is 11.3 Å². The minimum absolute atomic E-state index is 0.189. The molecule has 0 aliphatic heterocycles. The zero-order valence-electron chi connectivity index (χ0n) is 11.1. The van der Waals surface area contributed by atoms with Gasteiger partial charge in [-0.05, 0) is 46.6 Å². The standard InChI is InChI=1S/C16H11BrClNOS/c1-9-6-7-12(11(17)8-9)19-16(20)15-14(18)10-4-2-3-5-13(10)21-15/h2-8H,1H3,(H,19,20). The van der Waals surface area contributed by atoms with E-state index in [0.717, 1.165) is 25.8 Å². The Morgan fingerprint density at radius 1 is 1.24 bits per heavy atom. The zero-order chi connectivity index (χ0) is 15.0. The molecule has 3 rings (SSSR count). The van der Waals surface area contributed by atoms with Crippen molar-refractivity contribution in [3.05, 3.63) is 62.4 Å². The second-order valence-electron chi connectivity index (χ2n) is 4.68. The molecule has 1 aromatic heterocycles. The number of nitrogens with one attached hydrogen (secondary N) is 1. The Labute approximate surface area is 139 Å². The first-order valence-corrected chi connectivity index (χ1v) is 8.29. The fourth-order valence-corrected chi connectivity index (χ4v) is 4.07. The third-order valence-electron chi connectivity index (χ3n) is 3.11. The van der Waals surface area contributed by atoms with Crippen LogP contribution in [0.5, 0.6) is 0 Å². The first kappa shape index (κ1) is 14.6. The van der Waals surface area contributed by atoms with Gasteiger partial charge in [-0.2, -0.15) is 0 Å². The number of carbonyl (C=O) groups is 1. The molecule has 3 aromatic rings. The third kappa shape index (κ3) is 2.84. The number of benzene rings is 2. The largest absolute Gasteiger partial charge is 0.320 e. The van der Waals surface area contributed by atoms with E-state index in [4.69, 9.17) is 11.6 Å². The predicted molar refractivity (Wildman–Crippen MR) is 93.7 cm³/mol. The van der Waals surface area contributed by atoms with Crippen molar-refractivity contribution in [2.45, 2.75) is 6.92 Å². The lowest BCUT2D eigenvalue weighted by Crippen LogP contribution is -2.11. The van der Waals surface area contributed by atoms with E-state index in [1.54, 1.807) is 0 Å². The van der Waals surface area contributed by atoms with Gasteiger partial charge in [0.1, 0.15) is 4.88 Å². The van der Waals surface area contributed by atoms with Gasteiger partial charge in [0.25, 0.3) is 5.91 Å². The summed E-state index contributed by atoms with van der Waals surface area (Å²) in [5, 5.41) is 4.32. The summed E-state index contributed by atoms with van der Waals surface area (Å²) in [7, 11) is 0. The number of anilines is 1. The number of aryl methyl sites for hydroxylation is 1. The summed E-state index contributed by atoms with van der Waals surface area (Å²) < 4.78 is 1.86. The van der Waals surface area contributed by atoms with Crippen molar-refractivity contribution in [2.24, 2.45) is 0 Å². The lowest BCUT2D eigenvalue weighted by Gasteiger charge is -2.07. The molecule has 0 fully saturated rings. The molecule has 0 spiro atoms. The van der Waals surface area contributed by atoms with E-state index in [2.05, 4.69) is 21.2 Å². The Hall–Kier alpha value is -1.36. The second-order valence-corrected chi connectivity index (χ2v) is 6.96. The van der Waals surface area contributed by atoms with Gasteiger partial charge in [0.2, 0.25) is 0 Å². The maximum Gasteiger partial charge on any atom is 0.267 e. The van der Waals surface area contributed by atoms with Crippen LogP contribution in [0.4, 0.5) is 5.69 Å². The molecule has 1 heterocycles. The Bertz CT molecular complexity index is 843. The highest BCUT2D eigenvalue weighted by Crippen LogP contribution is 2.36. The molecule has 1 N–H and O–H groups in total. The molecule has 0 radical (unpaired) electrons. The smallest absolute Gasteiger partial charge is 0.267 e. The van der Waals surface area contributed by atoms with E-state index < -0.39 is 0 Å². The molecule has 0 aliphatic carbocycles. The number of carbonyl (C=O) groups excluding carboxylic acids is 1. The molecule has 5 heteroatoms. The Kier molecular flexibility index (Phi) is 4.02. The van der Waals surface area contributed by atoms with Crippen LogP contribution in [-0.2, 0) is 0 Å². The van der Waals surface area contributed by atoms with Crippen molar-refractivity contribution >= 4 is 60.5 Å². The summed E-state index contributed by atoms with van der Waals surface area (Å²) in [4.78, 5) is 13.0.